The second-order valence-electron chi connectivity index (χ2n) is 4.71. The highest BCUT2D eigenvalue weighted by Gasteiger charge is 2.13. The van der Waals surface area contributed by atoms with Gasteiger partial charge in [0.2, 0.25) is 0 Å². The number of hydrogen-bond donors (Lipinski definition) is 1. The number of fused-ring (bicyclic) bond motifs is 1. The monoisotopic (exact) mass is 306 g/mol. The highest BCUT2D eigenvalue weighted by Crippen LogP contribution is 2.20. The van der Waals surface area contributed by atoms with Gasteiger partial charge < -0.3 is 10.1 Å². The van der Waals surface area contributed by atoms with E-state index in [1.54, 1.807) is 24.2 Å². The van der Waals surface area contributed by atoms with E-state index in [-0.39, 0.29) is 0 Å². The summed E-state index contributed by atoms with van der Waals surface area (Å²) in [7, 11) is 1.60. The van der Waals surface area contributed by atoms with Crippen LogP contribution in [0.5, 0.6) is 0 Å². The van der Waals surface area contributed by atoms with Gasteiger partial charge in [-0.3, -0.25) is 4.57 Å². The number of rotatable bonds is 5. The van der Waals surface area contributed by atoms with E-state index >= 15 is 0 Å². The fraction of sp³-hybridized carbons (Fsp3) is 0.125. The Morgan fingerprint density at radius 2 is 2.13 bits per heavy atom. The summed E-state index contributed by atoms with van der Waals surface area (Å²) in [5, 5.41) is 12.5. The van der Waals surface area contributed by atoms with Gasteiger partial charge in [0.1, 0.15) is 30.3 Å². The smallest absolute Gasteiger partial charge is 0.165 e. The Bertz CT molecular complexity index is 878. The summed E-state index contributed by atoms with van der Waals surface area (Å²) in [6.45, 7) is 0.334. The van der Waals surface area contributed by atoms with Gasteiger partial charge in [-0.25, -0.2) is 15.0 Å². The summed E-state index contributed by atoms with van der Waals surface area (Å²) in [4.78, 5) is 12.7. The molecule has 2 aromatic heterocycles. The number of anilines is 1. The molecule has 0 aliphatic rings. The van der Waals surface area contributed by atoms with E-state index in [0.29, 0.717) is 29.2 Å². The van der Waals surface area contributed by atoms with Crippen molar-refractivity contribution in [3.8, 4) is 6.07 Å². The van der Waals surface area contributed by atoms with Gasteiger partial charge in [0.15, 0.2) is 5.65 Å². The number of nitrogens with zero attached hydrogens (tertiary/aromatic N) is 5. The van der Waals surface area contributed by atoms with E-state index in [9.17, 15) is 5.26 Å². The number of para-hydroxylation sites is 1. The first-order valence-corrected chi connectivity index (χ1v) is 6.90. The highest BCUT2D eigenvalue weighted by molar-refractivity contribution is 5.90. The van der Waals surface area contributed by atoms with Crippen LogP contribution in [0.1, 0.15) is 5.69 Å². The number of imidazole rings is 1. The molecule has 0 amide bonds. The Kier molecular flexibility index (Phi) is 4.27. The molecule has 2 heterocycles. The van der Waals surface area contributed by atoms with Crippen LogP contribution in [0.2, 0.25) is 0 Å². The van der Waals surface area contributed by atoms with E-state index in [1.165, 1.54) is 6.33 Å². The molecule has 114 valence electrons. The van der Waals surface area contributed by atoms with Crippen molar-refractivity contribution in [1.82, 2.24) is 19.5 Å². The Labute approximate surface area is 132 Å². The van der Waals surface area contributed by atoms with Crippen LogP contribution >= 0.6 is 0 Å². The predicted molar refractivity (Wildman–Crippen MR) is 86.0 cm³/mol. The number of hydrogen-bond acceptors (Lipinski definition) is 6. The molecule has 0 spiro atoms. The van der Waals surface area contributed by atoms with E-state index in [0.717, 1.165) is 5.69 Å². The third-order valence-electron chi connectivity index (χ3n) is 3.20. The largest absolute Gasteiger partial charge is 0.364 e. The fourth-order valence-electron chi connectivity index (χ4n) is 2.15. The average Bonchev–Trinajstić information content (AvgIpc) is 3.01. The number of allylic oxidation sites excluding steroid dienone is 1. The molecule has 1 N–H and O–H groups in total. The molecule has 0 fully saturated rings. The minimum Gasteiger partial charge on any atom is -0.364 e. The van der Waals surface area contributed by atoms with Crippen LogP contribution in [0.25, 0.3) is 16.7 Å². The lowest BCUT2D eigenvalue weighted by Gasteiger charge is -2.04. The van der Waals surface area contributed by atoms with Gasteiger partial charge in [-0.1, -0.05) is 18.2 Å². The lowest BCUT2D eigenvalue weighted by molar-refractivity contribution is 0.134. The van der Waals surface area contributed by atoms with Crippen LogP contribution in [0.3, 0.4) is 0 Å². The molecule has 23 heavy (non-hydrogen) atoms. The summed E-state index contributed by atoms with van der Waals surface area (Å²) in [6, 6.07) is 11.7. The van der Waals surface area contributed by atoms with Crippen LogP contribution in [0.15, 0.2) is 49.2 Å². The molecular formula is C16H14N6O. The van der Waals surface area contributed by atoms with Crippen molar-refractivity contribution in [2.45, 2.75) is 6.73 Å². The van der Waals surface area contributed by atoms with Crippen molar-refractivity contribution in [1.29, 1.82) is 5.26 Å². The maximum Gasteiger partial charge on any atom is 0.165 e. The second kappa shape index (κ2) is 6.68. The Morgan fingerprint density at radius 1 is 1.30 bits per heavy atom. The molecule has 1 aromatic carbocycles. The van der Waals surface area contributed by atoms with Gasteiger partial charge in [0.05, 0.1) is 11.9 Å². The average molecular weight is 306 g/mol. The van der Waals surface area contributed by atoms with E-state index < -0.39 is 0 Å². The quantitative estimate of drug-likeness (QED) is 0.728. The zero-order valence-corrected chi connectivity index (χ0v) is 12.5. The maximum absolute atomic E-state index is 9.45. The summed E-state index contributed by atoms with van der Waals surface area (Å²) in [5.74, 6) is 0. The summed E-state index contributed by atoms with van der Waals surface area (Å²) < 4.78 is 6.85. The first kappa shape index (κ1) is 14.7. The Morgan fingerprint density at radius 3 is 2.87 bits per heavy atom. The summed E-state index contributed by atoms with van der Waals surface area (Å²) in [6.07, 6.45) is 4.65. The number of methoxy groups -OCH3 is 1. The highest BCUT2D eigenvalue weighted by atomic mass is 16.5. The molecule has 0 saturated heterocycles. The van der Waals surface area contributed by atoms with Crippen molar-refractivity contribution in [3.05, 3.63) is 54.9 Å². The molecule has 3 rings (SSSR count). The van der Waals surface area contributed by atoms with Crippen LogP contribution in [-0.4, -0.2) is 26.6 Å². The minimum atomic E-state index is 0.334. The predicted octanol–water partition coefficient (Wildman–Crippen LogP) is 2.41. The molecule has 0 aliphatic carbocycles. The summed E-state index contributed by atoms with van der Waals surface area (Å²) >= 11 is 0. The molecule has 0 radical (unpaired) electrons. The zero-order chi connectivity index (χ0) is 16.1. The lowest BCUT2D eigenvalue weighted by atomic mass is 10.2. The van der Waals surface area contributed by atoms with Gasteiger partial charge >= 0.3 is 0 Å². The Hall–Kier alpha value is -3.24. The number of aromatic nitrogens is 4. The molecule has 0 aliphatic heterocycles. The van der Waals surface area contributed by atoms with Crippen LogP contribution in [0.4, 0.5) is 5.69 Å². The molecule has 0 saturated carbocycles. The third kappa shape index (κ3) is 3.02. The number of nitrogens with one attached hydrogen (secondary N) is 1. The van der Waals surface area contributed by atoms with Gasteiger partial charge in [-0.05, 0) is 12.1 Å². The SMILES string of the molecule is COCn1cnc2c(/C(C#N)=C\Nc3ccccc3)ncnc21. The van der Waals surface area contributed by atoms with Gasteiger partial charge in [0.25, 0.3) is 0 Å². The molecule has 3 aromatic rings. The van der Waals surface area contributed by atoms with Crippen molar-refractivity contribution < 1.29 is 4.74 Å². The maximum atomic E-state index is 9.45. The van der Waals surface area contributed by atoms with Crippen molar-refractivity contribution >= 4 is 22.4 Å². The van der Waals surface area contributed by atoms with Crippen LogP contribution < -0.4 is 5.32 Å². The fourth-order valence-corrected chi connectivity index (χ4v) is 2.15. The molecular weight excluding hydrogens is 292 g/mol. The second-order valence-corrected chi connectivity index (χ2v) is 4.71. The van der Waals surface area contributed by atoms with E-state index in [2.05, 4.69) is 26.3 Å². The van der Waals surface area contributed by atoms with Gasteiger partial charge in [-0.15, -0.1) is 0 Å². The van der Waals surface area contributed by atoms with E-state index in [4.69, 9.17) is 4.74 Å². The topological polar surface area (TPSA) is 88.7 Å². The van der Waals surface area contributed by atoms with Crippen molar-refractivity contribution in [3.63, 3.8) is 0 Å². The normalized spacial score (nSPS) is 11.4. The standard InChI is InChI=1S/C16H14N6O/c1-23-11-22-10-21-15-14(19-9-20-16(15)22)12(7-17)8-18-13-5-3-2-4-6-13/h2-6,8-10,18H,11H2,1H3/b12-8-. The Balaban J connectivity index is 1.98. The zero-order valence-electron chi connectivity index (χ0n) is 12.5. The molecule has 7 heteroatoms. The minimum absolute atomic E-state index is 0.334. The number of ether oxygens (including phenoxy) is 1. The van der Waals surface area contributed by atoms with Crippen molar-refractivity contribution in [2.24, 2.45) is 0 Å². The first-order chi connectivity index (χ1) is 11.3. The first-order valence-electron chi connectivity index (χ1n) is 6.90. The van der Waals surface area contributed by atoms with Crippen LogP contribution in [0, 0.1) is 11.3 Å². The van der Waals surface area contributed by atoms with Crippen molar-refractivity contribution in [2.75, 3.05) is 12.4 Å². The molecule has 0 unspecified atom stereocenters. The molecule has 0 atom stereocenters. The van der Waals surface area contributed by atoms with E-state index in [1.807, 2.05) is 30.3 Å². The number of benzene rings is 1. The third-order valence-corrected chi connectivity index (χ3v) is 3.20. The van der Waals surface area contributed by atoms with Gasteiger partial charge in [0, 0.05) is 19.0 Å². The van der Waals surface area contributed by atoms with Gasteiger partial charge in [-0.2, -0.15) is 5.26 Å². The summed E-state index contributed by atoms with van der Waals surface area (Å²) in [5.41, 5.74) is 2.93. The molecule has 7 nitrogen and oxygen atoms in total. The van der Waals surface area contributed by atoms with Crippen LogP contribution in [-0.2, 0) is 11.5 Å². The molecule has 0 bridgehead atoms. The lowest BCUT2D eigenvalue weighted by Crippen LogP contribution is -2.00. The number of nitriles is 1.